The highest BCUT2D eigenvalue weighted by molar-refractivity contribution is 7.99. The first-order valence-corrected chi connectivity index (χ1v) is 5.75. The zero-order valence-corrected chi connectivity index (χ0v) is 8.74. The first-order chi connectivity index (χ1) is 6.36. The molecule has 0 bridgehead atoms. The molecule has 1 unspecified atom stereocenters. The molecule has 13 heavy (non-hydrogen) atoms. The quantitative estimate of drug-likeness (QED) is 0.728. The molecule has 0 amide bonds. The Bertz CT molecular complexity index is 269. The zero-order chi connectivity index (χ0) is 9.10. The molecule has 2 nitrogen and oxygen atoms in total. The first kappa shape index (κ1) is 9.31. The van der Waals surface area contributed by atoms with E-state index in [1.807, 2.05) is 30.1 Å². The van der Waals surface area contributed by atoms with Gasteiger partial charge in [0.1, 0.15) is 5.15 Å². The van der Waals surface area contributed by atoms with Crippen LogP contribution in [0.4, 0.5) is 0 Å². The van der Waals surface area contributed by atoms with E-state index in [1.54, 1.807) is 0 Å². The van der Waals surface area contributed by atoms with Gasteiger partial charge in [-0.25, -0.2) is 4.98 Å². The van der Waals surface area contributed by atoms with Crippen molar-refractivity contribution in [3.05, 3.63) is 29.0 Å². The third-order valence-electron chi connectivity index (χ3n) is 1.99. The summed E-state index contributed by atoms with van der Waals surface area (Å²) >= 11 is 7.64. The van der Waals surface area contributed by atoms with Crippen molar-refractivity contribution in [3.63, 3.8) is 0 Å². The van der Waals surface area contributed by atoms with Gasteiger partial charge in [-0.1, -0.05) is 17.7 Å². The molecule has 1 N–H and O–H groups in total. The lowest BCUT2D eigenvalue weighted by atomic mass is 10.3. The molecule has 0 aliphatic carbocycles. The number of hydrogen-bond acceptors (Lipinski definition) is 3. The maximum atomic E-state index is 5.71. The predicted octanol–water partition coefficient (Wildman–Crippen LogP) is 2.46. The van der Waals surface area contributed by atoms with Gasteiger partial charge >= 0.3 is 0 Å². The van der Waals surface area contributed by atoms with Crippen molar-refractivity contribution in [3.8, 4) is 0 Å². The van der Waals surface area contributed by atoms with Gasteiger partial charge in [-0.2, -0.15) is 0 Å². The summed E-state index contributed by atoms with van der Waals surface area (Å²) in [6, 6.07) is 3.87. The molecule has 1 aliphatic heterocycles. The number of nitrogens with one attached hydrogen (secondary N) is 1. The van der Waals surface area contributed by atoms with Crippen molar-refractivity contribution < 1.29 is 0 Å². The Morgan fingerprint density at radius 1 is 1.54 bits per heavy atom. The summed E-state index contributed by atoms with van der Waals surface area (Å²) in [7, 11) is 0. The van der Waals surface area contributed by atoms with Crippen LogP contribution in [0, 0.1) is 0 Å². The van der Waals surface area contributed by atoms with Crippen molar-refractivity contribution in [1.29, 1.82) is 0 Å². The lowest BCUT2D eigenvalue weighted by molar-refractivity contribution is 0.641. The van der Waals surface area contributed by atoms with Crippen LogP contribution in [0.3, 0.4) is 0 Å². The number of nitrogens with zero attached hydrogens (tertiary/aromatic N) is 1. The number of pyridine rings is 1. The molecular formula is C9H11ClN2S. The third kappa shape index (κ3) is 2.36. The lowest BCUT2D eigenvalue weighted by Crippen LogP contribution is -2.25. The highest BCUT2D eigenvalue weighted by Gasteiger charge is 2.14. The molecular weight excluding hydrogens is 204 g/mol. The molecule has 70 valence electrons. The van der Waals surface area contributed by atoms with Crippen LogP contribution in [0.15, 0.2) is 18.3 Å². The van der Waals surface area contributed by atoms with Gasteiger partial charge in [-0.3, -0.25) is 0 Å². The van der Waals surface area contributed by atoms with Crippen LogP contribution in [0.2, 0.25) is 5.15 Å². The molecule has 2 heterocycles. The zero-order valence-electron chi connectivity index (χ0n) is 7.16. The van der Waals surface area contributed by atoms with Gasteiger partial charge in [-0.05, 0) is 30.3 Å². The second-order valence-corrected chi connectivity index (χ2v) is 4.57. The van der Waals surface area contributed by atoms with Gasteiger partial charge in [0.05, 0.1) is 5.37 Å². The summed E-state index contributed by atoms with van der Waals surface area (Å²) in [4.78, 5) is 4.07. The van der Waals surface area contributed by atoms with Crippen LogP contribution in [-0.2, 0) is 0 Å². The number of aromatic nitrogens is 1. The van der Waals surface area contributed by atoms with E-state index in [-0.39, 0.29) is 0 Å². The van der Waals surface area contributed by atoms with Crippen molar-refractivity contribution >= 4 is 23.4 Å². The smallest absolute Gasteiger partial charge is 0.129 e. The molecule has 0 radical (unpaired) electrons. The Kier molecular flexibility index (Phi) is 3.09. The highest BCUT2D eigenvalue weighted by atomic mass is 35.5. The van der Waals surface area contributed by atoms with Gasteiger partial charge in [0.25, 0.3) is 0 Å². The fraction of sp³-hybridized carbons (Fsp3) is 0.444. The fourth-order valence-electron chi connectivity index (χ4n) is 1.32. The molecule has 1 aliphatic rings. The van der Waals surface area contributed by atoms with Crippen molar-refractivity contribution in [1.82, 2.24) is 10.3 Å². The summed E-state index contributed by atoms with van der Waals surface area (Å²) < 4.78 is 0. The molecule has 1 atom stereocenters. The van der Waals surface area contributed by atoms with Gasteiger partial charge in [0.15, 0.2) is 0 Å². The van der Waals surface area contributed by atoms with Crippen LogP contribution in [-0.4, -0.2) is 17.3 Å². The first-order valence-electron chi connectivity index (χ1n) is 4.33. The molecule has 1 saturated heterocycles. The summed E-state index contributed by atoms with van der Waals surface area (Å²) in [6.45, 7) is 1.10. The van der Waals surface area contributed by atoms with E-state index in [0.717, 1.165) is 6.54 Å². The minimum absolute atomic E-state index is 0.401. The van der Waals surface area contributed by atoms with Crippen LogP contribution < -0.4 is 5.32 Å². The van der Waals surface area contributed by atoms with Crippen molar-refractivity contribution in [2.75, 3.05) is 12.3 Å². The maximum Gasteiger partial charge on any atom is 0.129 e. The second-order valence-electron chi connectivity index (χ2n) is 2.97. The average molecular weight is 215 g/mol. The SMILES string of the molecule is Clc1ccc(C2NCCCS2)cn1. The average Bonchev–Trinajstić information content (AvgIpc) is 2.20. The van der Waals surface area contributed by atoms with E-state index in [2.05, 4.69) is 10.3 Å². The molecule has 0 spiro atoms. The molecule has 1 aromatic rings. The Balaban J connectivity index is 2.10. The van der Waals surface area contributed by atoms with E-state index in [0.29, 0.717) is 10.5 Å². The predicted molar refractivity (Wildman–Crippen MR) is 57.1 cm³/mol. The Morgan fingerprint density at radius 3 is 3.08 bits per heavy atom. The summed E-state index contributed by atoms with van der Waals surface area (Å²) in [5.41, 5.74) is 1.22. The van der Waals surface area contributed by atoms with E-state index in [9.17, 15) is 0 Å². The molecule has 1 aromatic heterocycles. The maximum absolute atomic E-state index is 5.71. The molecule has 0 saturated carbocycles. The van der Waals surface area contributed by atoms with Crippen molar-refractivity contribution in [2.45, 2.75) is 11.8 Å². The van der Waals surface area contributed by atoms with Crippen LogP contribution >= 0.6 is 23.4 Å². The van der Waals surface area contributed by atoms with Gasteiger partial charge in [0, 0.05) is 6.20 Å². The van der Waals surface area contributed by atoms with Crippen LogP contribution in [0.25, 0.3) is 0 Å². The largest absolute Gasteiger partial charge is 0.302 e. The number of thioether (sulfide) groups is 1. The monoisotopic (exact) mass is 214 g/mol. The summed E-state index contributed by atoms with van der Waals surface area (Å²) in [5, 5.41) is 4.40. The van der Waals surface area contributed by atoms with E-state index in [4.69, 9.17) is 11.6 Å². The Hall–Kier alpha value is -0.250. The van der Waals surface area contributed by atoms with E-state index in [1.165, 1.54) is 17.7 Å². The fourth-order valence-corrected chi connectivity index (χ4v) is 2.55. The number of hydrogen-bond donors (Lipinski definition) is 1. The van der Waals surface area contributed by atoms with Crippen LogP contribution in [0.1, 0.15) is 17.4 Å². The Labute approximate surface area is 87.1 Å². The van der Waals surface area contributed by atoms with Crippen molar-refractivity contribution in [2.24, 2.45) is 0 Å². The molecule has 0 aromatic carbocycles. The number of halogens is 1. The molecule has 1 fully saturated rings. The summed E-state index contributed by atoms with van der Waals surface area (Å²) in [6.07, 6.45) is 3.10. The van der Waals surface area contributed by atoms with Gasteiger partial charge < -0.3 is 5.32 Å². The normalized spacial score (nSPS) is 23.0. The minimum atomic E-state index is 0.401. The molecule has 4 heteroatoms. The van der Waals surface area contributed by atoms with E-state index >= 15 is 0 Å². The number of rotatable bonds is 1. The Morgan fingerprint density at radius 2 is 2.46 bits per heavy atom. The standard InChI is InChI=1S/C9H11ClN2S/c10-8-3-2-7(6-12-8)9-11-4-1-5-13-9/h2-3,6,9,11H,1,4-5H2. The van der Waals surface area contributed by atoms with Gasteiger partial charge in [-0.15, -0.1) is 11.8 Å². The topological polar surface area (TPSA) is 24.9 Å². The lowest BCUT2D eigenvalue weighted by Gasteiger charge is -2.22. The molecule has 2 rings (SSSR count). The second kappa shape index (κ2) is 4.31. The highest BCUT2D eigenvalue weighted by Crippen LogP contribution is 2.29. The van der Waals surface area contributed by atoms with E-state index < -0.39 is 0 Å². The third-order valence-corrected chi connectivity index (χ3v) is 3.51. The van der Waals surface area contributed by atoms with Crippen LogP contribution in [0.5, 0.6) is 0 Å². The summed E-state index contributed by atoms with van der Waals surface area (Å²) in [5.74, 6) is 1.22. The van der Waals surface area contributed by atoms with Gasteiger partial charge in [0.2, 0.25) is 0 Å². The minimum Gasteiger partial charge on any atom is -0.302 e.